The van der Waals surface area contributed by atoms with Gasteiger partial charge in [0.15, 0.2) is 18.7 Å². The highest BCUT2D eigenvalue weighted by Gasteiger charge is 2.53. The van der Waals surface area contributed by atoms with Crippen LogP contribution in [0.4, 0.5) is 0 Å². The van der Waals surface area contributed by atoms with Gasteiger partial charge in [-0.15, -0.1) is 0 Å². The van der Waals surface area contributed by atoms with Crippen molar-refractivity contribution in [3.05, 3.63) is 24.3 Å². The second-order valence-electron chi connectivity index (χ2n) is 16.8. The summed E-state index contributed by atoms with van der Waals surface area (Å²) < 4.78 is 48.7. The van der Waals surface area contributed by atoms with Crippen molar-refractivity contribution in [2.45, 2.75) is 192 Å². The van der Waals surface area contributed by atoms with Crippen LogP contribution in [0.15, 0.2) is 24.3 Å². The standard InChI is InChI=1S/C43H71NO15/c1-11-12-14-19-33(48)57-41-28(5)54-35(24-43(41,7)51)58-38-27(4)55-42(37(50)36(38)44(8)9)59-39-30(20-21-45)22-25(2)31(47)18-16-13-15-17-26(3)53-34(49)23-32(40(39)52-10)56-29(6)46/h13,15-16,18,21,25-28,30-32,35-42,47,50-51H,11-12,14,17,19-20,22-24H2,1-10H3/b15-13-,18-16+/t25-,26+,27?,28?,30+,31+,32-,35?,36?,37?,38?,39+,40+,41?,42?,43?/m1/s1. The average Bonchev–Trinajstić information content (AvgIpc) is 3.13. The van der Waals surface area contributed by atoms with Gasteiger partial charge < -0.3 is 62.9 Å². The Kier molecular flexibility index (Phi) is 20.6. The molecule has 2 fully saturated rings. The number of esters is 3. The third-order valence-corrected chi connectivity index (χ3v) is 11.3. The summed E-state index contributed by atoms with van der Waals surface area (Å²) in [5.74, 6) is -2.86. The average molecular weight is 842 g/mol. The lowest BCUT2D eigenvalue weighted by Gasteiger charge is -2.50. The van der Waals surface area contributed by atoms with Gasteiger partial charge in [-0.05, 0) is 66.5 Å². The summed E-state index contributed by atoms with van der Waals surface area (Å²) in [4.78, 5) is 52.4. The molecule has 16 atom stereocenters. The second kappa shape index (κ2) is 24.0. The Hall–Kier alpha value is -2.80. The van der Waals surface area contributed by atoms with Crippen LogP contribution in [-0.4, -0.2) is 151 Å². The highest BCUT2D eigenvalue weighted by molar-refractivity contribution is 5.72. The maximum Gasteiger partial charge on any atom is 0.309 e. The van der Waals surface area contributed by atoms with Crippen LogP contribution in [0.2, 0.25) is 0 Å². The fourth-order valence-corrected chi connectivity index (χ4v) is 8.28. The molecule has 2 saturated heterocycles. The van der Waals surface area contributed by atoms with Gasteiger partial charge in [0.05, 0.1) is 36.9 Å². The summed E-state index contributed by atoms with van der Waals surface area (Å²) in [6.45, 7) is 11.8. The fraction of sp³-hybridized carbons (Fsp3) is 0.814. The monoisotopic (exact) mass is 841 g/mol. The number of ether oxygens (including phenoxy) is 8. The van der Waals surface area contributed by atoms with Crippen LogP contribution in [0, 0.1) is 11.8 Å². The van der Waals surface area contributed by atoms with Gasteiger partial charge in [0, 0.05) is 39.7 Å². The molecule has 3 N–H and O–H groups in total. The Labute approximate surface area is 349 Å². The first-order valence-electron chi connectivity index (χ1n) is 21.1. The van der Waals surface area contributed by atoms with E-state index >= 15 is 0 Å². The van der Waals surface area contributed by atoms with Crippen molar-refractivity contribution in [3.8, 4) is 0 Å². The van der Waals surface area contributed by atoms with E-state index in [2.05, 4.69) is 0 Å². The summed E-state index contributed by atoms with van der Waals surface area (Å²) in [6, 6.07) is -0.780. The molecule has 3 aliphatic rings. The number of methoxy groups -OCH3 is 1. The molecule has 3 aliphatic heterocycles. The number of likely N-dealkylation sites (N-methyl/N-ethyl adjacent to an activating group) is 1. The van der Waals surface area contributed by atoms with Crippen LogP contribution >= 0.6 is 0 Å². The first-order chi connectivity index (χ1) is 27.8. The summed E-state index contributed by atoms with van der Waals surface area (Å²) in [7, 11) is 4.86. The van der Waals surface area contributed by atoms with Crippen LogP contribution in [-0.2, 0) is 57.1 Å². The number of hydrogen-bond acceptors (Lipinski definition) is 16. The fourth-order valence-electron chi connectivity index (χ4n) is 8.28. The molecule has 3 rings (SSSR count). The van der Waals surface area contributed by atoms with Gasteiger partial charge in [0.1, 0.15) is 42.4 Å². The molecule has 0 saturated carbocycles. The number of unbranched alkanes of at least 4 members (excludes halogenated alkanes) is 2. The highest BCUT2D eigenvalue weighted by Crippen LogP contribution is 2.38. The summed E-state index contributed by atoms with van der Waals surface area (Å²) in [5, 5.41) is 34.7. The van der Waals surface area contributed by atoms with E-state index < -0.39 is 121 Å². The van der Waals surface area contributed by atoms with E-state index in [-0.39, 0.29) is 25.7 Å². The second-order valence-corrected chi connectivity index (χ2v) is 16.8. The van der Waals surface area contributed by atoms with E-state index in [1.807, 2.05) is 19.9 Å². The molecule has 9 unspecified atom stereocenters. The number of aliphatic hydroxyl groups excluding tert-OH is 2. The van der Waals surface area contributed by atoms with Gasteiger partial charge >= 0.3 is 17.9 Å². The largest absolute Gasteiger partial charge is 0.462 e. The van der Waals surface area contributed by atoms with Crippen molar-refractivity contribution in [3.63, 3.8) is 0 Å². The highest BCUT2D eigenvalue weighted by atomic mass is 16.7. The van der Waals surface area contributed by atoms with Gasteiger partial charge in [-0.3, -0.25) is 14.4 Å². The predicted octanol–water partition coefficient (Wildman–Crippen LogP) is 3.55. The lowest BCUT2D eigenvalue weighted by Crippen LogP contribution is -2.66. The molecule has 59 heavy (non-hydrogen) atoms. The summed E-state index contributed by atoms with van der Waals surface area (Å²) in [6.07, 6.45) is -1.47. The van der Waals surface area contributed by atoms with Crippen molar-refractivity contribution in [2.75, 3.05) is 21.2 Å². The third kappa shape index (κ3) is 15.0. The van der Waals surface area contributed by atoms with Crippen LogP contribution in [0.5, 0.6) is 0 Å². The Morgan fingerprint density at radius 2 is 1.71 bits per heavy atom. The number of aldehydes is 1. The van der Waals surface area contributed by atoms with Crippen molar-refractivity contribution < 1.29 is 72.4 Å². The quantitative estimate of drug-likeness (QED) is 0.0990. The Morgan fingerprint density at radius 3 is 2.32 bits per heavy atom. The number of hydrogen-bond donors (Lipinski definition) is 3. The molecule has 0 aromatic rings. The van der Waals surface area contributed by atoms with Crippen molar-refractivity contribution >= 4 is 24.2 Å². The molecular weight excluding hydrogens is 770 g/mol. The lowest BCUT2D eigenvalue weighted by atomic mass is 9.82. The summed E-state index contributed by atoms with van der Waals surface area (Å²) in [5.41, 5.74) is -1.49. The zero-order valence-electron chi connectivity index (χ0n) is 36.6. The first kappa shape index (κ1) is 50.6. The molecule has 0 aliphatic carbocycles. The number of allylic oxidation sites excluding steroid dienone is 2. The maximum atomic E-state index is 13.3. The van der Waals surface area contributed by atoms with E-state index in [4.69, 9.17) is 37.9 Å². The molecule has 16 heteroatoms. The van der Waals surface area contributed by atoms with Crippen LogP contribution in [0.1, 0.15) is 106 Å². The molecule has 0 spiro atoms. The lowest BCUT2D eigenvalue weighted by molar-refractivity contribution is -0.344. The van der Waals surface area contributed by atoms with Crippen molar-refractivity contribution in [1.82, 2.24) is 4.90 Å². The Bertz CT molecular complexity index is 1390. The molecule has 16 nitrogen and oxygen atoms in total. The molecular formula is C43H71NO15. The van der Waals surface area contributed by atoms with Crippen molar-refractivity contribution in [1.29, 1.82) is 0 Å². The Morgan fingerprint density at radius 1 is 1.00 bits per heavy atom. The molecule has 338 valence electrons. The topological polar surface area (TPSA) is 206 Å². The zero-order valence-corrected chi connectivity index (χ0v) is 36.6. The SMILES string of the molecule is CCCCCC(=O)OC1C(C)OC(OC2C(C)OC(O[C@H]3[C@@H](CC=O)C[C@@H](C)[C@@H](O)/C=C/C=C\C[C@H](C)OC(=O)C[C@@H](OC(C)=O)[C@@H]3OC)C(O)C2N(C)C)CC1(C)O. The van der Waals surface area contributed by atoms with E-state index in [9.17, 15) is 34.5 Å². The molecule has 0 aromatic heterocycles. The minimum absolute atomic E-state index is 0.0388. The van der Waals surface area contributed by atoms with Gasteiger partial charge in [-0.25, -0.2) is 0 Å². The van der Waals surface area contributed by atoms with E-state index in [0.29, 0.717) is 19.1 Å². The third-order valence-electron chi connectivity index (χ3n) is 11.3. The minimum Gasteiger partial charge on any atom is -0.462 e. The van der Waals surface area contributed by atoms with E-state index in [1.54, 1.807) is 64.9 Å². The number of aliphatic hydroxyl groups is 3. The van der Waals surface area contributed by atoms with Crippen molar-refractivity contribution in [2.24, 2.45) is 11.8 Å². The van der Waals surface area contributed by atoms with Crippen LogP contribution in [0.25, 0.3) is 0 Å². The van der Waals surface area contributed by atoms with Gasteiger partial charge in [0.2, 0.25) is 0 Å². The Balaban J connectivity index is 1.95. The smallest absolute Gasteiger partial charge is 0.309 e. The van der Waals surface area contributed by atoms with Crippen LogP contribution in [0.3, 0.4) is 0 Å². The molecule has 3 heterocycles. The molecule has 0 amide bonds. The minimum atomic E-state index is -1.49. The normalized spacial score (nSPS) is 40.1. The summed E-state index contributed by atoms with van der Waals surface area (Å²) >= 11 is 0. The van der Waals surface area contributed by atoms with Gasteiger partial charge in [-0.1, -0.05) is 51.0 Å². The number of carbonyl (C=O) groups is 4. The maximum absolute atomic E-state index is 13.3. The van der Waals surface area contributed by atoms with Crippen LogP contribution < -0.4 is 0 Å². The first-order valence-corrected chi connectivity index (χ1v) is 21.1. The van der Waals surface area contributed by atoms with E-state index in [0.717, 1.165) is 12.8 Å². The molecule has 0 radical (unpaired) electrons. The zero-order chi connectivity index (χ0) is 44.0. The number of carbonyl (C=O) groups excluding carboxylic acids is 4. The number of rotatable bonds is 14. The van der Waals surface area contributed by atoms with E-state index in [1.165, 1.54) is 14.0 Å². The number of cyclic esters (lactones) is 1. The molecule has 0 aromatic carbocycles. The predicted molar refractivity (Wildman–Crippen MR) is 215 cm³/mol. The van der Waals surface area contributed by atoms with Gasteiger partial charge in [0.25, 0.3) is 0 Å². The molecule has 0 bridgehead atoms. The van der Waals surface area contributed by atoms with Gasteiger partial charge in [-0.2, -0.15) is 0 Å². The number of nitrogens with zero attached hydrogens (tertiary/aromatic N) is 1.